The van der Waals surface area contributed by atoms with E-state index in [1.165, 1.54) is 11.1 Å². The highest BCUT2D eigenvalue weighted by molar-refractivity contribution is 5.99. The first-order valence-corrected chi connectivity index (χ1v) is 5.97. The molecule has 0 amide bonds. The van der Waals surface area contributed by atoms with E-state index in [9.17, 15) is 4.79 Å². The molecule has 0 saturated carbocycles. The largest absolute Gasteiger partial charge is 0.358 e. The summed E-state index contributed by atoms with van der Waals surface area (Å²) in [6, 6.07) is 4.38. The molecule has 3 heteroatoms. The van der Waals surface area contributed by atoms with E-state index < -0.39 is 0 Å². The van der Waals surface area contributed by atoms with Crippen molar-refractivity contribution < 1.29 is 4.79 Å². The Labute approximate surface area is 100 Å². The number of H-pyrrole nitrogens is 1. The normalized spacial score (nSPS) is 16.1. The highest BCUT2D eigenvalue weighted by Crippen LogP contribution is 2.27. The van der Waals surface area contributed by atoms with Crippen molar-refractivity contribution in [1.82, 2.24) is 9.88 Å². The molecule has 3 nitrogen and oxygen atoms in total. The number of aldehydes is 1. The van der Waals surface area contributed by atoms with Crippen molar-refractivity contribution in [3.8, 4) is 0 Å². The number of rotatable bonds is 1. The number of likely N-dealkylation sites (N-methyl/N-ethyl adjacent to an activating group) is 1. The SMILES string of the molecule is Cc1[nH]c2cc3c(cc2c1C=O)CCN(C)C3. The summed E-state index contributed by atoms with van der Waals surface area (Å²) in [5, 5.41) is 1.07. The zero-order valence-electron chi connectivity index (χ0n) is 10.2. The van der Waals surface area contributed by atoms with Gasteiger partial charge in [0.1, 0.15) is 0 Å². The Morgan fingerprint density at radius 1 is 1.35 bits per heavy atom. The van der Waals surface area contributed by atoms with Crippen LogP contribution < -0.4 is 0 Å². The predicted octanol–water partition coefficient (Wildman–Crippen LogP) is 2.28. The van der Waals surface area contributed by atoms with Crippen molar-refractivity contribution in [2.24, 2.45) is 0 Å². The molecule has 1 aromatic carbocycles. The molecule has 0 saturated heterocycles. The summed E-state index contributed by atoms with van der Waals surface area (Å²) >= 11 is 0. The number of benzene rings is 1. The Balaban J connectivity index is 2.24. The van der Waals surface area contributed by atoms with E-state index in [1.807, 2.05) is 6.92 Å². The maximum Gasteiger partial charge on any atom is 0.152 e. The van der Waals surface area contributed by atoms with Gasteiger partial charge >= 0.3 is 0 Å². The van der Waals surface area contributed by atoms with E-state index in [1.54, 1.807) is 0 Å². The lowest BCUT2D eigenvalue weighted by molar-refractivity contribution is 0.112. The minimum atomic E-state index is 0.807. The zero-order chi connectivity index (χ0) is 12.0. The van der Waals surface area contributed by atoms with Gasteiger partial charge in [0.15, 0.2) is 6.29 Å². The van der Waals surface area contributed by atoms with Gasteiger partial charge in [0, 0.05) is 35.2 Å². The van der Waals surface area contributed by atoms with Crippen LogP contribution in [-0.4, -0.2) is 29.8 Å². The first-order chi connectivity index (χ1) is 8.19. The van der Waals surface area contributed by atoms with Gasteiger partial charge in [-0.1, -0.05) is 0 Å². The number of fused-ring (bicyclic) bond motifs is 2. The van der Waals surface area contributed by atoms with Crippen LogP contribution >= 0.6 is 0 Å². The Morgan fingerprint density at radius 3 is 2.94 bits per heavy atom. The predicted molar refractivity (Wildman–Crippen MR) is 68.5 cm³/mol. The van der Waals surface area contributed by atoms with E-state index in [4.69, 9.17) is 0 Å². The summed E-state index contributed by atoms with van der Waals surface area (Å²) in [6.45, 7) is 4.05. The van der Waals surface area contributed by atoms with Gasteiger partial charge in [-0.3, -0.25) is 4.79 Å². The van der Waals surface area contributed by atoms with Gasteiger partial charge in [-0.05, 0) is 43.7 Å². The molecule has 2 aromatic rings. The van der Waals surface area contributed by atoms with Crippen molar-refractivity contribution in [3.63, 3.8) is 0 Å². The van der Waals surface area contributed by atoms with Gasteiger partial charge in [-0.25, -0.2) is 0 Å². The van der Waals surface area contributed by atoms with Gasteiger partial charge in [0.05, 0.1) is 0 Å². The van der Waals surface area contributed by atoms with Gasteiger partial charge in [0.2, 0.25) is 0 Å². The number of hydrogen-bond donors (Lipinski definition) is 1. The topological polar surface area (TPSA) is 36.1 Å². The first-order valence-electron chi connectivity index (χ1n) is 5.97. The van der Waals surface area contributed by atoms with E-state index in [2.05, 4.69) is 29.1 Å². The molecule has 0 radical (unpaired) electrons. The molecule has 88 valence electrons. The van der Waals surface area contributed by atoms with Gasteiger partial charge in [-0.2, -0.15) is 0 Å². The number of aryl methyl sites for hydroxylation is 1. The monoisotopic (exact) mass is 228 g/mol. The zero-order valence-corrected chi connectivity index (χ0v) is 10.2. The number of aromatic amines is 1. The standard InChI is InChI=1S/C14H16N2O/c1-9-13(8-17)12-5-10-3-4-16(2)7-11(10)6-14(12)15-9/h5-6,8,15H,3-4,7H2,1-2H3. The summed E-state index contributed by atoms with van der Waals surface area (Å²) in [7, 11) is 2.14. The Kier molecular flexibility index (Phi) is 2.30. The van der Waals surface area contributed by atoms with Gasteiger partial charge < -0.3 is 9.88 Å². The van der Waals surface area contributed by atoms with E-state index >= 15 is 0 Å². The van der Waals surface area contributed by atoms with Crippen LogP contribution in [0.1, 0.15) is 27.2 Å². The van der Waals surface area contributed by atoms with Crippen LogP contribution in [0, 0.1) is 6.92 Å². The second-order valence-electron chi connectivity index (χ2n) is 4.94. The van der Waals surface area contributed by atoms with Crippen LogP contribution in [0.3, 0.4) is 0 Å². The third kappa shape index (κ3) is 1.58. The minimum absolute atomic E-state index is 0.807. The molecule has 0 bridgehead atoms. The molecule has 0 aliphatic carbocycles. The van der Waals surface area contributed by atoms with Crippen molar-refractivity contribution in [2.45, 2.75) is 19.9 Å². The lowest BCUT2D eigenvalue weighted by Gasteiger charge is -2.24. The maximum atomic E-state index is 11.1. The molecule has 3 rings (SSSR count). The highest BCUT2D eigenvalue weighted by atomic mass is 16.1. The number of carbonyl (C=O) groups is 1. The number of carbonyl (C=O) groups excluding carboxylic acids is 1. The average molecular weight is 228 g/mol. The van der Waals surface area contributed by atoms with Crippen LogP contribution in [0.5, 0.6) is 0 Å². The van der Waals surface area contributed by atoms with Crippen molar-refractivity contribution in [3.05, 3.63) is 34.5 Å². The molecule has 2 heterocycles. The Bertz CT molecular complexity index is 598. The van der Waals surface area contributed by atoms with Crippen LogP contribution in [0.2, 0.25) is 0 Å². The molecule has 1 aliphatic heterocycles. The summed E-state index contributed by atoms with van der Waals surface area (Å²) < 4.78 is 0. The van der Waals surface area contributed by atoms with Crippen LogP contribution in [0.25, 0.3) is 10.9 Å². The van der Waals surface area contributed by atoms with E-state index in [0.717, 1.165) is 48.0 Å². The Hall–Kier alpha value is -1.61. The van der Waals surface area contributed by atoms with Gasteiger partial charge in [-0.15, -0.1) is 0 Å². The second-order valence-corrected chi connectivity index (χ2v) is 4.94. The molecule has 17 heavy (non-hydrogen) atoms. The highest BCUT2D eigenvalue weighted by Gasteiger charge is 2.16. The molecule has 0 spiro atoms. The lowest BCUT2D eigenvalue weighted by atomic mass is 9.97. The first kappa shape index (κ1) is 10.5. The summed E-state index contributed by atoms with van der Waals surface area (Å²) in [4.78, 5) is 16.7. The fourth-order valence-electron chi connectivity index (χ4n) is 2.70. The molecule has 0 fully saturated rings. The summed E-state index contributed by atoms with van der Waals surface area (Å²) in [5.41, 5.74) is 5.62. The minimum Gasteiger partial charge on any atom is -0.358 e. The van der Waals surface area contributed by atoms with E-state index in [0.29, 0.717) is 0 Å². The molecular weight excluding hydrogens is 212 g/mol. The molecular formula is C14H16N2O. The smallest absolute Gasteiger partial charge is 0.152 e. The molecule has 0 unspecified atom stereocenters. The molecule has 0 atom stereocenters. The fourth-order valence-corrected chi connectivity index (χ4v) is 2.70. The number of hydrogen-bond acceptors (Lipinski definition) is 2. The Morgan fingerprint density at radius 2 is 2.18 bits per heavy atom. The number of nitrogens with one attached hydrogen (secondary N) is 1. The fraction of sp³-hybridized carbons (Fsp3) is 0.357. The molecule has 1 N–H and O–H groups in total. The summed E-state index contributed by atoms with van der Waals surface area (Å²) in [5.74, 6) is 0. The third-order valence-electron chi connectivity index (χ3n) is 3.68. The van der Waals surface area contributed by atoms with E-state index in [-0.39, 0.29) is 0 Å². The van der Waals surface area contributed by atoms with Gasteiger partial charge in [0.25, 0.3) is 0 Å². The second kappa shape index (κ2) is 3.70. The van der Waals surface area contributed by atoms with Crippen LogP contribution in [-0.2, 0) is 13.0 Å². The van der Waals surface area contributed by atoms with Crippen molar-refractivity contribution >= 4 is 17.2 Å². The molecule has 1 aromatic heterocycles. The van der Waals surface area contributed by atoms with Crippen LogP contribution in [0.4, 0.5) is 0 Å². The number of aromatic nitrogens is 1. The quantitative estimate of drug-likeness (QED) is 0.760. The number of nitrogens with zero attached hydrogens (tertiary/aromatic N) is 1. The van der Waals surface area contributed by atoms with Crippen molar-refractivity contribution in [2.75, 3.05) is 13.6 Å². The lowest BCUT2D eigenvalue weighted by Crippen LogP contribution is -2.26. The average Bonchev–Trinajstić information content (AvgIpc) is 2.60. The third-order valence-corrected chi connectivity index (χ3v) is 3.68. The van der Waals surface area contributed by atoms with Crippen molar-refractivity contribution in [1.29, 1.82) is 0 Å². The van der Waals surface area contributed by atoms with Crippen LogP contribution in [0.15, 0.2) is 12.1 Å². The maximum absolute atomic E-state index is 11.1. The summed E-state index contributed by atoms with van der Waals surface area (Å²) in [6.07, 6.45) is 2.03. The molecule has 1 aliphatic rings.